The maximum Gasteiger partial charge on any atom is 0.321 e. The number of rotatable bonds is 4. The molecule has 4 aromatic rings. The van der Waals surface area contributed by atoms with E-state index in [4.69, 9.17) is 10.8 Å². The summed E-state index contributed by atoms with van der Waals surface area (Å²) in [5.74, 6) is 3.53. The molecule has 0 unspecified atom stereocenters. The Kier molecular flexibility index (Phi) is 3.74. The Balaban J connectivity index is 1.80. The van der Waals surface area contributed by atoms with E-state index in [0.717, 1.165) is 0 Å². The van der Waals surface area contributed by atoms with E-state index in [2.05, 4.69) is 36.7 Å². The van der Waals surface area contributed by atoms with Gasteiger partial charge in [-0.25, -0.2) is 9.78 Å². The quantitative estimate of drug-likeness (QED) is 0.425. The van der Waals surface area contributed by atoms with Crippen molar-refractivity contribution in [3.8, 4) is 23.9 Å². The fourth-order valence-corrected chi connectivity index (χ4v) is 2.48. The fraction of sp³-hybridized carbons (Fsp3) is 0.188. The maximum absolute atomic E-state index is 12.1. The van der Waals surface area contributed by atoms with E-state index in [1.807, 2.05) is 0 Å². The molecule has 10 heteroatoms. The molecule has 0 aliphatic rings. The van der Waals surface area contributed by atoms with Crippen molar-refractivity contribution in [2.75, 3.05) is 11.9 Å². The number of nitrogens with one attached hydrogen (secondary N) is 2. The first-order valence-electron chi connectivity index (χ1n) is 7.78. The van der Waals surface area contributed by atoms with Crippen LogP contribution in [0.3, 0.4) is 0 Å². The van der Waals surface area contributed by atoms with Gasteiger partial charge in [0.25, 0.3) is 0 Å². The Morgan fingerprint density at radius 1 is 1.38 bits per heavy atom. The summed E-state index contributed by atoms with van der Waals surface area (Å²) in [7, 11) is 1.78. The summed E-state index contributed by atoms with van der Waals surface area (Å²) in [6.45, 7) is 0.353. The summed E-state index contributed by atoms with van der Waals surface area (Å²) < 4.78 is 8.42. The standard InChI is InChI=1S/C16H14N8O2/c1-3-4-7-17-16(25)20-15-19-12-10(9-23(2)21-12)14-18-13(22-24(14)15)11-6-5-8-26-11/h1,5-6,8-9H,4,7H2,2H3,(H2,17,19,20,21,25). The van der Waals surface area contributed by atoms with Crippen LogP contribution >= 0.6 is 0 Å². The lowest BCUT2D eigenvalue weighted by Crippen LogP contribution is -2.30. The van der Waals surface area contributed by atoms with Gasteiger partial charge >= 0.3 is 6.03 Å². The minimum absolute atomic E-state index is 0.190. The van der Waals surface area contributed by atoms with Crippen LogP contribution in [0.4, 0.5) is 10.7 Å². The van der Waals surface area contributed by atoms with Gasteiger partial charge in [0.2, 0.25) is 11.8 Å². The van der Waals surface area contributed by atoms with Crippen LogP contribution in [0.5, 0.6) is 0 Å². The summed E-state index contributed by atoms with van der Waals surface area (Å²) in [5, 5.41) is 14.7. The first kappa shape index (κ1) is 15.6. The van der Waals surface area contributed by atoms with Gasteiger partial charge in [-0.05, 0) is 12.1 Å². The Bertz CT molecular complexity index is 1130. The molecule has 0 atom stereocenters. The van der Waals surface area contributed by atoms with Crippen LogP contribution in [-0.4, -0.2) is 41.9 Å². The van der Waals surface area contributed by atoms with Gasteiger partial charge in [0.15, 0.2) is 17.1 Å². The molecule has 0 saturated carbocycles. The lowest BCUT2D eigenvalue weighted by Gasteiger charge is -2.06. The number of urea groups is 1. The molecule has 0 radical (unpaired) electrons. The van der Waals surface area contributed by atoms with E-state index in [0.29, 0.717) is 41.2 Å². The average Bonchev–Trinajstić information content (AvgIpc) is 3.33. The second-order valence-corrected chi connectivity index (χ2v) is 5.46. The van der Waals surface area contributed by atoms with Gasteiger partial charge in [0.05, 0.1) is 11.6 Å². The van der Waals surface area contributed by atoms with Crippen molar-refractivity contribution in [2.24, 2.45) is 7.05 Å². The third kappa shape index (κ3) is 2.71. The Hall–Kier alpha value is -3.87. The molecule has 2 N–H and O–H groups in total. The SMILES string of the molecule is C#CCCNC(=O)Nc1nc2nn(C)cc2c2nc(-c3ccco3)nn12. The molecule has 0 aliphatic heterocycles. The molecule has 130 valence electrons. The molecule has 0 aromatic carbocycles. The molecule has 4 heterocycles. The molecule has 0 aliphatic carbocycles. The normalized spacial score (nSPS) is 10.9. The van der Waals surface area contributed by atoms with Crippen LogP contribution in [0.25, 0.3) is 28.3 Å². The highest BCUT2D eigenvalue weighted by Gasteiger charge is 2.18. The predicted octanol–water partition coefficient (Wildman–Crippen LogP) is 1.42. The minimum Gasteiger partial charge on any atom is -0.461 e. The third-order valence-corrected chi connectivity index (χ3v) is 3.59. The molecule has 0 spiro atoms. The van der Waals surface area contributed by atoms with Crippen LogP contribution in [0.1, 0.15) is 6.42 Å². The number of furan rings is 1. The molecule has 4 rings (SSSR count). The fourth-order valence-electron chi connectivity index (χ4n) is 2.48. The Morgan fingerprint density at radius 2 is 2.27 bits per heavy atom. The van der Waals surface area contributed by atoms with E-state index < -0.39 is 6.03 Å². The highest BCUT2D eigenvalue weighted by atomic mass is 16.3. The lowest BCUT2D eigenvalue weighted by molar-refractivity contribution is 0.252. The number of hydrogen-bond acceptors (Lipinski definition) is 6. The van der Waals surface area contributed by atoms with Crippen molar-refractivity contribution in [2.45, 2.75) is 6.42 Å². The van der Waals surface area contributed by atoms with E-state index in [-0.39, 0.29) is 5.95 Å². The van der Waals surface area contributed by atoms with Crippen molar-refractivity contribution in [1.29, 1.82) is 0 Å². The number of hydrogen-bond donors (Lipinski definition) is 2. The van der Waals surface area contributed by atoms with Crippen molar-refractivity contribution < 1.29 is 9.21 Å². The molecule has 10 nitrogen and oxygen atoms in total. The van der Waals surface area contributed by atoms with Gasteiger partial charge < -0.3 is 9.73 Å². The topological polar surface area (TPSA) is 115 Å². The van der Waals surface area contributed by atoms with Crippen molar-refractivity contribution >= 4 is 28.7 Å². The number of carbonyl (C=O) groups is 1. The highest BCUT2D eigenvalue weighted by molar-refractivity contribution is 5.93. The minimum atomic E-state index is -0.445. The van der Waals surface area contributed by atoms with Crippen molar-refractivity contribution in [3.05, 3.63) is 24.6 Å². The van der Waals surface area contributed by atoms with E-state index >= 15 is 0 Å². The van der Waals surface area contributed by atoms with Crippen LogP contribution in [0, 0.1) is 12.3 Å². The van der Waals surface area contributed by atoms with Crippen LogP contribution in [0.2, 0.25) is 0 Å². The van der Waals surface area contributed by atoms with Gasteiger partial charge in [-0.1, -0.05) is 0 Å². The largest absolute Gasteiger partial charge is 0.461 e. The number of amides is 2. The zero-order valence-electron chi connectivity index (χ0n) is 13.8. The van der Waals surface area contributed by atoms with E-state index in [1.165, 1.54) is 10.8 Å². The van der Waals surface area contributed by atoms with Crippen LogP contribution in [0.15, 0.2) is 29.0 Å². The molecular formula is C16H14N8O2. The number of fused-ring (bicyclic) bond motifs is 3. The van der Waals surface area contributed by atoms with Gasteiger partial charge in [0, 0.05) is 26.2 Å². The van der Waals surface area contributed by atoms with E-state index in [1.54, 1.807) is 30.1 Å². The molecule has 0 saturated heterocycles. The van der Waals surface area contributed by atoms with Gasteiger partial charge in [-0.2, -0.15) is 14.6 Å². The third-order valence-electron chi connectivity index (χ3n) is 3.59. The maximum atomic E-state index is 12.1. The second-order valence-electron chi connectivity index (χ2n) is 5.46. The number of anilines is 1. The number of aryl methyl sites for hydroxylation is 1. The number of nitrogens with zero attached hydrogens (tertiary/aromatic N) is 6. The molecule has 4 aromatic heterocycles. The first-order valence-corrected chi connectivity index (χ1v) is 7.78. The van der Waals surface area contributed by atoms with Crippen molar-refractivity contribution in [3.63, 3.8) is 0 Å². The smallest absolute Gasteiger partial charge is 0.321 e. The van der Waals surface area contributed by atoms with Gasteiger partial charge in [0.1, 0.15) is 0 Å². The monoisotopic (exact) mass is 350 g/mol. The summed E-state index contributed by atoms with van der Waals surface area (Å²) in [6, 6.07) is 3.05. The molecule has 26 heavy (non-hydrogen) atoms. The first-order chi connectivity index (χ1) is 12.7. The second kappa shape index (κ2) is 6.21. The summed E-state index contributed by atoms with van der Waals surface area (Å²) in [4.78, 5) is 21.0. The number of aromatic nitrogens is 6. The van der Waals surface area contributed by atoms with Crippen molar-refractivity contribution in [1.82, 2.24) is 34.7 Å². The average molecular weight is 350 g/mol. The molecule has 2 amide bonds. The van der Waals surface area contributed by atoms with Gasteiger partial charge in [-0.3, -0.25) is 10.00 Å². The van der Waals surface area contributed by atoms with Gasteiger partial charge in [-0.15, -0.1) is 17.4 Å². The Morgan fingerprint density at radius 3 is 3.04 bits per heavy atom. The zero-order valence-corrected chi connectivity index (χ0v) is 13.8. The summed E-state index contributed by atoms with van der Waals surface area (Å²) in [5.41, 5.74) is 0.950. The number of terminal acetylenes is 1. The molecular weight excluding hydrogens is 336 g/mol. The number of carbonyl (C=O) groups excluding carboxylic acids is 1. The molecule has 0 fully saturated rings. The van der Waals surface area contributed by atoms with E-state index in [9.17, 15) is 4.79 Å². The highest BCUT2D eigenvalue weighted by Crippen LogP contribution is 2.23. The van der Waals surface area contributed by atoms with Crippen LogP contribution < -0.4 is 10.6 Å². The Labute approximate surface area is 147 Å². The van der Waals surface area contributed by atoms with Crippen LogP contribution in [-0.2, 0) is 7.05 Å². The lowest BCUT2D eigenvalue weighted by atomic mass is 10.4. The zero-order chi connectivity index (χ0) is 18.1. The summed E-state index contributed by atoms with van der Waals surface area (Å²) in [6.07, 6.45) is 8.94. The molecule has 0 bridgehead atoms. The summed E-state index contributed by atoms with van der Waals surface area (Å²) >= 11 is 0. The predicted molar refractivity (Wildman–Crippen MR) is 93.2 cm³/mol.